The zero-order valence-corrected chi connectivity index (χ0v) is 9.81. The Bertz CT molecular complexity index is 293. The normalized spacial score (nSPS) is 13.8. The SMILES string of the molecule is CC(CCC(=O)O)CNC(=O)C(N)CC(N)=O. The van der Waals surface area contributed by atoms with E-state index in [0.717, 1.165) is 0 Å². The molecule has 7 heteroatoms. The molecule has 0 heterocycles. The fourth-order valence-corrected chi connectivity index (χ4v) is 1.19. The number of aliphatic carboxylic acids is 1. The number of hydrogen-bond donors (Lipinski definition) is 4. The third-order valence-electron chi connectivity index (χ3n) is 2.23. The second kappa shape index (κ2) is 7.61. The molecule has 0 aromatic rings. The number of carboxylic acid groups (broad SMARTS) is 1. The van der Waals surface area contributed by atoms with Crippen molar-refractivity contribution in [1.82, 2.24) is 5.32 Å². The molecule has 98 valence electrons. The van der Waals surface area contributed by atoms with Crippen LogP contribution in [0.15, 0.2) is 0 Å². The molecule has 6 N–H and O–H groups in total. The molecule has 0 radical (unpaired) electrons. The van der Waals surface area contributed by atoms with E-state index < -0.39 is 23.8 Å². The van der Waals surface area contributed by atoms with Gasteiger partial charge in [-0.3, -0.25) is 14.4 Å². The fraction of sp³-hybridized carbons (Fsp3) is 0.700. The van der Waals surface area contributed by atoms with Gasteiger partial charge in [-0.15, -0.1) is 0 Å². The van der Waals surface area contributed by atoms with Gasteiger partial charge in [-0.1, -0.05) is 6.92 Å². The molecule has 0 rings (SSSR count). The highest BCUT2D eigenvalue weighted by atomic mass is 16.4. The minimum absolute atomic E-state index is 0.0378. The van der Waals surface area contributed by atoms with E-state index in [2.05, 4.69) is 5.32 Å². The molecule has 2 atom stereocenters. The van der Waals surface area contributed by atoms with Crippen molar-refractivity contribution in [2.75, 3.05) is 6.54 Å². The van der Waals surface area contributed by atoms with Crippen LogP contribution in [-0.4, -0.2) is 35.5 Å². The van der Waals surface area contributed by atoms with Gasteiger partial charge in [0.25, 0.3) is 0 Å². The van der Waals surface area contributed by atoms with Crippen LogP contribution in [0.3, 0.4) is 0 Å². The van der Waals surface area contributed by atoms with Crippen LogP contribution < -0.4 is 16.8 Å². The first-order chi connectivity index (χ1) is 7.82. The zero-order valence-electron chi connectivity index (χ0n) is 9.81. The molecule has 7 nitrogen and oxygen atoms in total. The lowest BCUT2D eigenvalue weighted by atomic mass is 10.1. The van der Waals surface area contributed by atoms with Crippen molar-refractivity contribution in [3.8, 4) is 0 Å². The molecule has 2 unspecified atom stereocenters. The van der Waals surface area contributed by atoms with E-state index in [1.54, 1.807) is 0 Å². The van der Waals surface area contributed by atoms with Crippen molar-refractivity contribution < 1.29 is 19.5 Å². The van der Waals surface area contributed by atoms with Crippen LogP contribution in [0.2, 0.25) is 0 Å². The lowest BCUT2D eigenvalue weighted by Gasteiger charge is -2.14. The van der Waals surface area contributed by atoms with Gasteiger partial charge in [-0.05, 0) is 12.3 Å². The topological polar surface area (TPSA) is 136 Å². The minimum Gasteiger partial charge on any atom is -0.481 e. The third-order valence-corrected chi connectivity index (χ3v) is 2.23. The molecule has 0 aromatic heterocycles. The van der Waals surface area contributed by atoms with Crippen LogP contribution in [0, 0.1) is 5.92 Å². The smallest absolute Gasteiger partial charge is 0.303 e. The predicted octanol–water partition coefficient (Wildman–Crippen LogP) is -1.19. The summed E-state index contributed by atoms with van der Waals surface area (Å²) >= 11 is 0. The Morgan fingerprint density at radius 2 is 1.94 bits per heavy atom. The maximum absolute atomic E-state index is 11.4. The molecule has 0 aliphatic rings. The van der Waals surface area contributed by atoms with Gasteiger partial charge >= 0.3 is 5.97 Å². The number of amides is 2. The van der Waals surface area contributed by atoms with Gasteiger partial charge in [0, 0.05) is 13.0 Å². The van der Waals surface area contributed by atoms with Gasteiger partial charge in [0.15, 0.2) is 0 Å². The van der Waals surface area contributed by atoms with E-state index in [1.807, 2.05) is 6.92 Å². The van der Waals surface area contributed by atoms with E-state index in [4.69, 9.17) is 16.6 Å². The van der Waals surface area contributed by atoms with Crippen molar-refractivity contribution in [3.63, 3.8) is 0 Å². The Balaban J connectivity index is 3.82. The average Bonchev–Trinajstić information content (AvgIpc) is 2.21. The van der Waals surface area contributed by atoms with E-state index in [0.29, 0.717) is 13.0 Å². The van der Waals surface area contributed by atoms with Crippen molar-refractivity contribution >= 4 is 17.8 Å². The predicted molar refractivity (Wildman–Crippen MR) is 60.8 cm³/mol. The summed E-state index contributed by atoms with van der Waals surface area (Å²) in [6, 6.07) is -0.945. The average molecular weight is 245 g/mol. The third kappa shape index (κ3) is 8.21. The Kier molecular flexibility index (Phi) is 6.88. The molecule has 0 aliphatic carbocycles. The van der Waals surface area contributed by atoms with Crippen LogP contribution in [0.1, 0.15) is 26.2 Å². The van der Waals surface area contributed by atoms with Gasteiger partial charge in [0.2, 0.25) is 11.8 Å². The summed E-state index contributed by atoms with van der Waals surface area (Å²) in [4.78, 5) is 32.2. The van der Waals surface area contributed by atoms with Gasteiger partial charge in [0.05, 0.1) is 12.5 Å². The first-order valence-electron chi connectivity index (χ1n) is 5.36. The molecule has 0 spiro atoms. The second-order valence-corrected chi connectivity index (χ2v) is 4.06. The summed E-state index contributed by atoms with van der Waals surface area (Å²) in [5.74, 6) is -1.91. The fourth-order valence-electron chi connectivity index (χ4n) is 1.19. The molecule has 0 fully saturated rings. The van der Waals surface area contributed by atoms with Crippen molar-refractivity contribution in [2.45, 2.75) is 32.2 Å². The van der Waals surface area contributed by atoms with E-state index in [-0.39, 0.29) is 18.8 Å². The number of nitrogens with one attached hydrogen (secondary N) is 1. The first-order valence-corrected chi connectivity index (χ1v) is 5.36. The van der Waals surface area contributed by atoms with Crippen LogP contribution >= 0.6 is 0 Å². The minimum atomic E-state index is -0.945. The Morgan fingerprint density at radius 1 is 1.35 bits per heavy atom. The number of primary amides is 1. The molecule has 2 amide bonds. The van der Waals surface area contributed by atoms with Gasteiger partial charge in [-0.25, -0.2) is 0 Å². The van der Waals surface area contributed by atoms with Gasteiger partial charge in [0.1, 0.15) is 0 Å². The van der Waals surface area contributed by atoms with E-state index in [9.17, 15) is 14.4 Å². The van der Waals surface area contributed by atoms with Crippen molar-refractivity contribution in [2.24, 2.45) is 17.4 Å². The monoisotopic (exact) mass is 245 g/mol. The maximum atomic E-state index is 11.4. The summed E-state index contributed by atoms with van der Waals surface area (Å²) < 4.78 is 0. The van der Waals surface area contributed by atoms with Crippen LogP contribution in [0.4, 0.5) is 0 Å². The highest BCUT2D eigenvalue weighted by molar-refractivity contribution is 5.87. The highest BCUT2D eigenvalue weighted by Crippen LogP contribution is 2.03. The Labute approximate surface area is 99.5 Å². The quantitative estimate of drug-likeness (QED) is 0.426. The summed E-state index contributed by atoms with van der Waals surface area (Å²) in [6.07, 6.45) is 0.334. The van der Waals surface area contributed by atoms with Gasteiger partial charge in [-0.2, -0.15) is 0 Å². The molecule has 0 aromatic carbocycles. The Hall–Kier alpha value is -1.63. The molecule has 0 bridgehead atoms. The van der Waals surface area contributed by atoms with Crippen molar-refractivity contribution in [3.05, 3.63) is 0 Å². The van der Waals surface area contributed by atoms with Crippen LogP contribution in [0.25, 0.3) is 0 Å². The lowest BCUT2D eigenvalue weighted by Crippen LogP contribution is -2.44. The highest BCUT2D eigenvalue weighted by Gasteiger charge is 2.16. The number of nitrogens with two attached hydrogens (primary N) is 2. The van der Waals surface area contributed by atoms with Crippen molar-refractivity contribution in [1.29, 1.82) is 0 Å². The summed E-state index contributed by atoms with van der Waals surface area (Å²) in [5, 5.41) is 11.0. The Morgan fingerprint density at radius 3 is 2.41 bits per heavy atom. The number of rotatable bonds is 8. The number of hydrogen-bond acceptors (Lipinski definition) is 4. The first kappa shape index (κ1) is 15.4. The summed E-state index contributed by atoms with van der Waals surface area (Å²) in [5.41, 5.74) is 10.3. The number of carbonyl (C=O) groups is 3. The zero-order chi connectivity index (χ0) is 13.4. The molecular formula is C10H19N3O4. The van der Waals surface area contributed by atoms with E-state index in [1.165, 1.54) is 0 Å². The second-order valence-electron chi connectivity index (χ2n) is 4.06. The van der Waals surface area contributed by atoms with E-state index >= 15 is 0 Å². The standard InChI is InChI=1S/C10H19N3O4/c1-6(2-3-9(15)16)5-13-10(17)7(11)4-8(12)14/h6-7H,2-5,11H2,1H3,(H2,12,14)(H,13,17)(H,15,16). The maximum Gasteiger partial charge on any atom is 0.303 e. The molecule has 0 saturated carbocycles. The molecule has 17 heavy (non-hydrogen) atoms. The summed E-state index contributed by atoms with van der Waals surface area (Å²) in [6.45, 7) is 2.15. The molecule has 0 aliphatic heterocycles. The van der Waals surface area contributed by atoms with Crippen LogP contribution in [0.5, 0.6) is 0 Å². The summed E-state index contributed by atoms with van der Waals surface area (Å²) in [7, 11) is 0. The van der Waals surface area contributed by atoms with Gasteiger partial charge < -0.3 is 21.9 Å². The molecular weight excluding hydrogens is 226 g/mol. The largest absolute Gasteiger partial charge is 0.481 e. The number of carbonyl (C=O) groups excluding carboxylic acids is 2. The number of carboxylic acids is 1. The van der Waals surface area contributed by atoms with Crippen LogP contribution in [-0.2, 0) is 14.4 Å². The lowest BCUT2D eigenvalue weighted by molar-refractivity contribution is -0.137. The molecule has 0 saturated heterocycles.